The molecule has 1 fully saturated rings. The van der Waals surface area contributed by atoms with Gasteiger partial charge in [-0.2, -0.15) is 13.2 Å². The van der Waals surface area contributed by atoms with Gasteiger partial charge < -0.3 is 15.0 Å². The SMILES string of the molecule is O=C(CN1CCN(C(=O)CCCOc2ccc(F)cc2)CC1)Nc1ccccc1C(F)(F)F. The highest BCUT2D eigenvalue weighted by molar-refractivity contribution is 5.93. The summed E-state index contributed by atoms with van der Waals surface area (Å²) >= 11 is 0. The van der Waals surface area contributed by atoms with Crippen molar-refractivity contribution in [3.05, 3.63) is 59.9 Å². The monoisotopic (exact) mass is 467 g/mol. The zero-order valence-corrected chi connectivity index (χ0v) is 17.9. The Bertz CT molecular complexity index is 943. The average molecular weight is 467 g/mol. The number of hydrogen-bond acceptors (Lipinski definition) is 4. The molecule has 0 spiro atoms. The van der Waals surface area contributed by atoms with Crippen molar-refractivity contribution in [3.8, 4) is 5.75 Å². The number of ether oxygens (including phenoxy) is 1. The molecule has 0 bridgehead atoms. The summed E-state index contributed by atoms with van der Waals surface area (Å²) in [5.74, 6) is -0.376. The lowest BCUT2D eigenvalue weighted by Gasteiger charge is -2.34. The van der Waals surface area contributed by atoms with E-state index in [1.807, 2.05) is 0 Å². The fraction of sp³-hybridized carbons (Fsp3) is 0.391. The Balaban J connectivity index is 1.37. The molecule has 2 aromatic carbocycles. The van der Waals surface area contributed by atoms with Crippen LogP contribution in [0.25, 0.3) is 0 Å². The molecule has 1 saturated heterocycles. The van der Waals surface area contributed by atoms with E-state index in [4.69, 9.17) is 4.74 Å². The molecule has 1 aliphatic rings. The van der Waals surface area contributed by atoms with Crippen LogP contribution in [-0.2, 0) is 15.8 Å². The quantitative estimate of drug-likeness (QED) is 0.474. The Kier molecular flexibility index (Phi) is 8.26. The Morgan fingerprint density at radius 1 is 0.970 bits per heavy atom. The first-order valence-electron chi connectivity index (χ1n) is 10.6. The molecule has 178 valence electrons. The number of piperazine rings is 1. The number of anilines is 1. The molecule has 2 amide bonds. The van der Waals surface area contributed by atoms with Gasteiger partial charge in [-0.05, 0) is 42.8 Å². The van der Waals surface area contributed by atoms with Gasteiger partial charge in [0.05, 0.1) is 24.4 Å². The number of benzene rings is 2. The van der Waals surface area contributed by atoms with E-state index in [0.717, 1.165) is 6.07 Å². The number of amides is 2. The van der Waals surface area contributed by atoms with E-state index in [2.05, 4.69) is 5.32 Å². The molecule has 0 aromatic heterocycles. The minimum Gasteiger partial charge on any atom is -0.494 e. The molecule has 1 aliphatic heterocycles. The molecular weight excluding hydrogens is 442 g/mol. The van der Waals surface area contributed by atoms with Gasteiger partial charge in [0.15, 0.2) is 0 Å². The van der Waals surface area contributed by atoms with E-state index in [-0.39, 0.29) is 24.0 Å². The summed E-state index contributed by atoms with van der Waals surface area (Å²) in [5, 5.41) is 2.33. The fourth-order valence-corrected chi connectivity index (χ4v) is 3.49. The van der Waals surface area contributed by atoms with Gasteiger partial charge in [-0.3, -0.25) is 14.5 Å². The molecule has 0 aliphatic carbocycles. The smallest absolute Gasteiger partial charge is 0.418 e. The van der Waals surface area contributed by atoms with E-state index in [9.17, 15) is 27.2 Å². The normalized spacial score (nSPS) is 14.7. The lowest BCUT2D eigenvalue weighted by Crippen LogP contribution is -2.50. The first-order chi connectivity index (χ1) is 15.7. The van der Waals surface area contributed by atoms with Crippen molar-refractivity contribution in [1.82, 2.24) is 9.80 Å². The molecule has 0 radical (unpaired) electrons. The Labute approximate surface area is 189 Å². The maximum atomic E-state index is 13.1. The Morgan fingerprint density at radius 3 is 2.30 bits per heavy atom. The number of carbonyl (C=O) groups is 2. The van der Waals surface area contributed by atoms with E-state index in [1.165, 1.54) is 42.5 Å². The van der Waals surface area contributed by atoms with Crippen LogP contribution in [0.1, 0.15) is 18.4 Å². The molecule has 3 rings (SSSR count). The minimum absolute atomic E-state index is 0.0269. The van der Waals surface area contributed by atoms with Crippen LogP contribution in [0.4, 0.5) is 23.2 Å². The maximum absolute atomic E-state index is 13.1. The molecule has 2 aromatic rings. The first kappa shape index (κ1) is 24.5. The van der Waals surface area contributed by atoms with Gasteiger partial charge in [-0.15, -0.1) is 0 Å². The molecule has 1 heterocycles. The van der Waals surface area contributed by atoms with Gasteiger partial charge in [0.2, 0.25) is 11.8 Å². The topological polar surface area (TPSA) is 61.9 Å². The summed E-state index contributed by atoms with van der Waals surface area (Å²) in [5.41, 5.74) is -1.16. The Morgan fingerprint density at radius 2 is 1.64 bits per heavy atom. The largest absolute Gasteiger partial charge is 0.494 e. The minimum atomic E-state index is -4.56. The highest BCUT2D eigenvalue weighted by Gasteiger charge is 2.33. The second-order valence-corrected chi connectivity index (χ2v) is 7.65. The van der Waals surface area contributed by atoms with Gasteiger partial charge in [0.25, 0.3) is 0 Å². The third-order valence-electron chi connectivity index (χ3n) is 5.22. The summed E-state index contributed by atoms with van der Waals surface area (Å²) < 4.78 is 57.5. The third kappa shape index (κ3) is 7.45. The number of nitrogens with one attached hydrogen (secondary N) is 1. The molecule has 1 N–H and O–H groups in total. The number of halogens is 4. The van der Waals surface area contributed by atoms with Crippen LogP contribution in [0.2, 0.25) is 0 Å². The third-order valence-corrected chi connectivity index (χ3v) is 5.22. The van der Waals surface area contributed by atoms with E-state index >= 15 is 0 Å². The number of hydrogen-bond donors (Lipinski definition) is 1. The Hall–Kier alpha value is -3.14. The molecule has 0 saturated carbocycles. The van der Waals surface area contributed by atoms with Gasteiger partial charge >= 0.3 is 6.18 Å². The predicted octanol–water partition coefficient (Wildman–Crippen LogP) is 3.79. The highest BCUT2D eigenvalue weighted by atomic mass is 19.4. The van der Waals surface area contributed by atoms with Crippen molar-refractivity contribution in [2.45, 2.75) is 19.0 Å². The molecular formula is C23H25F4N3O3. The second-order valence-electron chi connectivity index (χ2n) is 7.65. The van der Waals surface area contributed by atoms with Gasteiger partial charge in [0.1, 0.15) is 11.6 Å². The van der Waals surface area contributed by atoms with Crippen LogP contribution >= 0.6 is 0 Å². The number of rotatable bonds is 8. The first-order valence-corrected chi connectivity index (χ1v) is 10.6. The average Bonchev–Trinajstić information content (AvgIpc) is 2.78. The maximum Gasteiger partial charge on any atom is 0.418 e. The van der Waals surface area contributed by atoms with Gasteiger partial charge in [-0.1, -0.05) is 12.1 Å². The van der Waals surface area contributed by atoms with Gasteiger partial charge in [-0.25, -0.2) is 4.39 Å². The lowest BCUT2D eigenvalue weighted by atomic mass is 10.1. The standard InChI is InChI=1S/C23H25F4N3O3/c24-17-7-9-18(10-8-17)33-15-3-6-22(32)30-13-11-29(12-14-30)16-21(31)28-20-5-2-1-4-19(20)23(25,26)27/h1-2,4-5,7-10H,3,6,11-16H2,(H,28,31). The lowest BCUT2D eigenvalue weighted by molar-refractivity contribution is -0.137. The molecule has 33 heavy (non-hydrogen) atoms. The van der Waals surface area contributed by atoms with Gasteiger partial charge in [0, 0.05) is 32.6 Å². The summed E-state index contributed by atoms with van der Waals surface area (Å²) in [6.45, 7) is 2.04. The van der Waals surface area contributed by atoms with E-state index < -0.39 is 17.6 Å². The van der Waals surface area contributed by atoms with Crippen molar-refractivity contribution >= 4 is 17.5 Å². The number of nitrogens with zero attached hydrogens (tertiary/aromatic N) is 2. The number of alkyl halides is 3. The zero-order chi connectivity index (χ0) is 23.8. The second kappa shape index (κ2) is 11.1. The van der Waals surface area contributed by atoms with Crippen molar-refractivity contribution in [3.63, 3.8) is 0 Å². The molecule has 0 atom stereocenters. The van der Waals surface area contributed by atoms with E-state index in [0.29, 0.717) is 51.4 Å². The summed E-state index contributed by atoms with van der Waals surface area (Å²) in [7, 11) is 0. The molecule has 10 heteroatoms. The zero-order valence-electron chi connectivity index (χ0n) is 17.9. The predicted molar refractivity (Wildman–Crippen MR) is 114 cm³/mol. The summed E-state index contributed by atoms with van der Waals surface area (Å²) in [6.07, 6.45) is -3.74. The summed E-state index contributed by atoms with van der Waals surface area (Å²) in [6, 6.07) is 10.5. The van der Waals surface area contributed by atoms with Crippen LogP contribution in [0.15, 0.2) is 48.5 Å². The van der Waals surface area contributed by atoms with Crippen LogP contribution < -0.4 is 10.1 Å². The number of para-hydroxylation sites is 1. The molecule has 6 nitrogen and oxygen atoms in total. The van der Waals surface area contributed by atoms with Crippen LogP contribution in [0.5, 0.6) is 5.75 Å². The van der Waals surface area contributed by atoms with E-state index in [1.54, 1.807) is 9.80 Å². The van der Waals surface area contributed by atoms with Crippen LogP contribution in [0.3, 0.4) is 0 Å². The summed E-state index contributed by atoms with van der Waals surface area (Å²) in [4.78, 5) is 28.1. The van der Waals surface area contributed by atoms with Crippen LogP contribution in [0, 0.1) is 5.82 Å². The fourth-order valence-electron chi connectivity index (χ4n) is 3.49. The van der Waals surface area contributed by atoms with Crippen molar-refractivity contribution < 1.29 is 31.9 Å². The van der Waals surface area contributed by atoms with Crippen molar-refractivity contribution in [2.75, 3.05) is 44.6 Å². The van der Waals surface area contributed by atoms with Crippen molar-refractivity contribution in [1.29, 1.82) is 0 Å². The highest BCUT2D eigenvalue weighted by Crippen LogP contribution is 2.34. The van der Waals surface area contributed by atoms with Crippen LogP contribution in [-0.4, -0.2) is 60.9 Å². The number of carbonyl (C=O) groups excluding carboxylic acids is 2. The van der Waals surface area contributed by atoms with Crippen molar-refractivity contribution in [2.24, 2.45) is 0 Å². The molecule has 0 unspecified atom stereocenters.